The number of alkyl halides is 3. The third kappa shape index (κ3) is 3.84. The highest BCUT2D eigenvalue weighted by Gasteiger charge is 2.34. The molecular weight excluding hydrogens is 261 g/mol. The van der Waals surface area contributed by atoms with Crippen molar-refractivity contribution in [2.45, 2.75) is 25.9 Å². The highest BCUT2D eigenvalue weighted by Crippen LogP contribution is 2.30. The lowest BCUT2D eigenvalue weighted by atomic mass is 10.2. The summed E-state index contributed by atoms with van der Waals surface area (Å²) in [5.41, 5.74) is -1.32. The van der Waals surface area contributed by atoms with Gasteiger partial charge in [0.05, 0.1) is 0 Å². The lowest BCUT2D eigenvalue weighted by Crippen LogP contribution is -2.24. The first-order valence-electron chi connectivity index (χ1n) is 5.80. The van der Waals surface area contributed by atoms with Crippen molar-refractivity contribution in [3.8, 4) is 0 Å². The van der Waals surface area contributed by atoms with E-state index in [-0.39, 0.29) is 11.4 Å². The molecule has 1 aromatic rings. The molecule has 0 spiro atoms. The topological polar surface area (TPSA) is 53.4 Å². The summed E-state index contributed by atoms with van der Waals surface area (Å²) in [5.74, 6) is -1.45. The van der Waals surface area contributed by atoms with Crippen molar-refractivity contribution in [1.82, 2.24) is 4.98 Å². The van der Waals surface area contributed by atoms with E-state index in [4.69, 9.17) is 5.11 Å². The number of hydrogen-bond donors (Lipinski definition) is 1. The van der Waals surface area contributed by atoms with Crippen LogP contribution in [-0.2, 0) is 6.18 Å². The van der Waals surface area contributed by atoms with Crippen molar-refractivity contribution in [3.63, 3.8) is 0 Å². The van der Waals surface area contributed by atoms with E-state index < -0.39 is 17.8 Å². The first-order valence-corrected chi connectivity index (χ1v) is 5.80. The summed E-state index contributed by atoms with van der Waals surface area (Å²) in [7, 11) is 1.53. The zero-order chi connectivity index (χ0) is 14.6. The SMILES string of the molecule is CCCCN(C)c1nc(C(F)(F)F)ccc1C(=O)O. The molecule has 0 amide bonds. The molecule has 7 heteroatoms. The summed E-state index contributed by atoms with van der Waals surface area (Å²) >= 11 is 0. The van der Waals surface area contributed by atoms with Crippen LogP contribution >= 0.6 is 0 Å². The zero-order valence-corrected chi connectivity index (χ0v) is 10.7. The summed E-state index contributed by atoms with van der Waals surface area (Å²) in [6.45, 7) is 2.39. The molecule has 1 N–H and O–H groups in total. The first-order chi connectivity index (χ1) is 8.77. The van der Waals surface area contributed by atoms with Gasteiger partial charge in [0.1, 0.15) is 17.1 Å². The van der Waals surface area contributed by atoms with Gasteiger partial charge in [-0.05, 0) is 18.6 Å². The van der Waals surface area contributed by atoms with Gasteiger partial charge >= 0.3 is 12.1 Å². The number of carboxylic acids is 1. The Morgan fingerprint density at radius 2 is 2.05 bits per heavy atom. The minimum Gasteiger partial charge on any atom is -0.478 e. The van der Waals surface area contributed by atoms with Gasteiger partial charge in [0.2, 0.25) is 0 Å². The monoisotopic (exact) mass is 276 g/mol. The van der Waals surface area contributed by atoms with Crippen LogP contribution in [0, 0.1) is 0 Å². The van der Waals surface area contributed by atoms with E-state index in [1.807, 2.05) is 6.92 Å². The summed E-state index contributed by atoms with van der Waals surface area (Å²) in [6.07, 6.45) is -2.99. The highest BCUT2D eigenvalue weighted by atomic mass is 19.4. The number of halogens is 3. The molecule has 0 aliphatic carbocycles. The predicted octanol–water partition coefficient (Wildman–Crippen LogP) is 3.03. The van der Waals surface area contributed by atoms with E-state index in [0.29, 0.717) is 12.6 Å². The van der Waals surface area contributed by atoms with Crippen LogP contribution in [0.1, 0.15) is 35.8 Å². The minimum atomic E-state index is -4.59. The molecule has 0 saturated heterocycles. The van der Waals surface area contributed by atoms with Crippen molar-refractivity contribution in [3.05, 3.63) is 23.4 Å². The van der Waals surface area contributed by atoms with Crippen LogP contribution in [-0.4, -0.2) is 29.7 Å². The van der Waals surface area contributed by atoms with Crippen molar-refractivity contribution in [1.29, 1.82) is 0 Å². The maximum absolute atomic E-state index is 12.6. The van der Waals surface area contributed by atoms with E-state index in [2.05, 4.69) is 4.98 Å². The number of nitrogens with zero attached hydrogens (tertiary/aromatic N) is 2. The number of anilines is 1. The van der Waals surface area contributed by atoms with Gasteiger partial charge < -0.3 is 10.0 Å². The summed E-state index contributed by atoms with van der Waals surface area (Å²) in [4.78, 5) is 15.9. The molecule has 1 heterocycles. The molecule has 0 aliphatic rings. The second-order valence-electron chi connectivity index (χ2n) is 4.15. The fourth-order valence-electron chi connectivity index (χ4n) is 1.57. The molecule has 0 saturated carbocycles. The Balaban J connectivity index is 3.19. The normalized spacial score (nSPS) is 11.4. The Morgan fingerprint density at radius 1 is 1.42 bits per heavy atom. The molecule has 0 unspecified atom stereocenters. The molecule has 0 aromatic carbocycles. The van der Waals surface area contributed by atoms with Crippen molar-refractivity contribution >= 4 is 11.8 Å². The molecule has 4 nitrogen and oxygen atoms in total. The molecule has 19 heavy (non-hydrogen) atoms. The molecule has 106 valence electrons. The lowest BCUT2D eigenvalue weighted by Gasteiger charge is -2.20. The van der Waals surface area contributed by atoms with Gasteiger partial charge in [-0.2, -0.15) is 13.2 Å². The number of aromatic nitrogens is 1. The fourth-order valence-corrected chi connectivity index (χ4v) is 1.57. The van der Waals surface area contributed by atoms with Gasteiger partial charge in [0.25, 0.3) is 0 Å². The van der Waals surface area contributed by atoms with Crippen LogP contribution in [0.15, 0.2) is 12.1 Å². The number of hydrogen-bond acceptors (Lipinski definition) is 3. The standard InChI is InChI=1S/C12H15F3N2O2/c1-3-4-7-17(2)10-8(11(18)19)5-6-9(16-10)12(13,14)15/h5-6H,3-4,7H2,1-2H3,(H,18,19). The van der Waals surface area contributed by atoms with Gasteiger partial charge in [-0.3, -0.25) is 0 Å². The predicted molar refractivity (Wildman–Crippen MR) is 64.4 cm³/mol. The van der Waals surface area contributed by atoms with Gasteiger partial charge in [0.15, 0.2) is 0 Å². The van der Waals surface area contributed by atoms with Gasteiger partial charge in [-0.15, -0.1) is 0 Å². The number of carbonyl (C=O) groups is 1. The Bertz CT molecular complexity index is 461. The van der Waals surface area contributed by atoms with Crippen molar-refractivity contribution in [2.24, 2.45) is 0 Å². The number of rotatable bonds is 5. The number of carboxylic acid groups (broad SMARTS) is 1. The van der Waals surface area contributed by atoms with E-state index in [9.17, 15) is 18.0 Å². The molecule has 0 bridgehead atoms. The third-order valence-electron chi connectivity index (χ3n) is 2.60. The van der Waals surface area contributed by atoms with Crippen LogP contribution in [0.2, 0.25) is 0 Å². The van der Waals surface area contributed by atoms with E-state index in [0.717, 1.165) is 18.9 Å². The Kier molecular flexibility index (Phi) is 4.74. The number of aromatic carboxylic acids is 1. The number of unbranched alkanes of at least 4 members (excludes halogenated alkanes) is 1. The third-order valence-corrected chi connectivity index (χ3v) is 2.60. The smallest absolute Gasteiger partial charge is 0.433 e. The second-order valence-corrected chi connectivity index (χ2v) is 4.15. The molecule has 0 atom stereocenters. The second kappa shape index (κ2) is 5.90. The van der Waals surface area contributed by atoms with Crippen LogP contribution in [0.3, 0.4) is 0 Å². The lowest BCUT2D eigenvalue weighted by molar-refractivity contribution is -0.141. The molecule has 0 fully saturated rings. The van der Waals surface area contributed by atoms with E-state index >= 15 is 0 Å². The molecule has 1 rings (SSSR count). The van der Waals surface area contributed by atoms with Crippen LogP contribution in [0.4, 0.5) is 19.0 Å². The molecular formula is C12H15F3N2O2. The maximum Gasteiger partial charge on any atom is 0.433 e. The molecule has 0 radical (unpaired) electrons. The average Bonchev–Trinajstić information content (AvgIpc) is 2.33. The molecule has 1 aromatic heterocycles. The Morgan fingerprint density at radius 3 is 2.53 bits per heavy atom. The van der Waals surface area contributed by atoms with Crippen molar-refractivity contribution < 1.29 is 23.1 Å². The van der Waals surface area contributed by atoms with E-state index in [1.54, 1.807) is 0 Å². The van der Waals surface area contributed by atoms with Gasteiger partial charge in [-0.25, -0.2) is 9.78 Å². The van der Waals surface area contributed by atoms with Crippen LogP contribution in [0.5, 0.6) is 0 Å². The minimum absolute atomic E-state index is 0.157. The van der Waals surface area contributed by atoms with Crippen LogP contribution in [0.25, 0.3) is 0 Å². The summed E-state index contributed by atoms with van der Waals surface area (Å²) < 4.78 is 37.8. The molecule has 0 aliphatic heterocycles. The fraction of sp³-hybridized carbons (Fsp3) is 0.500. The quantitative estimate of drug-likeness (QED) is 0.898. The van der Waals surface area contributed by atoms with Crippen molar-refractivity contribution in [2.75, 3.05) is 18.5 Å². The largest absolute Gasteiger partial charge is 0.478 e. The van der Waals surface area contributed by atoms with Gasteiger partial charge in [0, 0.05) is 13.6 Å². The van der Waals surface area contributed by atoms with E-state index in [1.165, 1.54) is 11.9 Å². The van der Waals surface area contributed by atoms with Crippen LogP contribution < -0.4 is 4.90 Å². The van der Waals surface area contributed by atoms with Gasteiger partial charge in [-0.1, -0.05) is 13.3 Å². The number of pyridine rings is 1. The average molecular weight is 276 g/mol. The maximum atomic E-state index is 12.6. The highest BCUT2D eigenvalue weighted by molar-refractivity contribution is 5.93. The Labute approximate surface area is 108 Å². The Hall–Kier alpha value is -1.79. The zero-order valence-electron chi connectivity index (χ0n) is 10.7. The summed E-state index contributed by atoms with van der Waals surface area (Å²) in [5, 5.41) is 8.99. The first kappa shape index (κ1) is 15.3. The summed E-state index contributed by atoms with van der Waals surface area (Å²) in [6, 6.07) is 1.62.